The largest absolute Gasteiger partial charge is 0.453 e. The Morgan fingerprint density at radius 1 is 1.30 bits per heavy atom. The molecule has 1 heterocycles. The number of ether oxygens (including phenoxy) is 1. The van der Waals surface area contributed by atoms with Gasteiger partial charge in [0.15, 0.2) is 5.76 Å². The third kappa shape index (κ3) is 3.76. The highest BCUT2D eigenvalue weighted by atomic mass is 35.5. The predicted octanol–water partition coefficient (Wildman–Crippen LogP) is 4.38. The Kier molecular flexibility index (Phi) is 5.06. The first-order valence-corrected chi connectivity index (χ1v) is 6.78. The summed E-state index contributed by atoms with van der Waals surface area (Å²) in [7, 11) is 0. The van der Waals surface area contributed by atoms with Crippen LogP contribution in [-0.4, -0.2) is 12.5 Å². The number of amides is 1. The quantitative estimate of drug-likeness (QED) is 0.891. The lowest BCUT2D eigenvalue weighted by molar-refractivity contribution is 0.0972. The normalized spacial score (nSPS) is 10.6. The maximum Gasteiger partial charge on any atom is 0.291 e. The number of hydrogen-bond donors (Lipinski definition) is 1. The maximum atomic E-state index is 12.0. The Morgan fingerprint density at radius 2 is 2.10 bits per heavy atom. The summed E-state index contributed by atoms with van der Waals surface area (Å²) in [6, 6.07) is 8.13. The van der Waals surface area contributed by atoms with E-state index in [9.17, 15) is 4.79 Å². The molecule has 0 fully saturated rings. The highest BCUT2D eigenvalue weighted by Crippen LogP contribution is 2.26. The van der Waals surface area contributed by atoms with Crippen LogP contribution in [0.5, 0.6) is 0 Å². The zero-order chi connectivity index (χ0) is 14.5. The van der Waals surface area contributed by atoms with Gasteiger partial charge in [0.1, 0.15) is 12.4 Å². The molecular weight excluding hydrogens is 301 g/mol. The molecule has 0 aliphatic carbocycles. The zero-order valence-corrected chi connectivity index (χ0v) is 12.3. The van der Waals surface area contributed by atoms with Gasteiger partial charge >= 0.3 is 0 Å². The van der Waals surface area contributed by atoms with Crippen LogP contribution in [-0.2, 0) is 11.3 Å². The summed E-state index contributed by atoms with van der Waals surface area (Å²) < 4.78 is 10.6. The highest BCUT2D eigenvalue weighted by Gasteiger charge is 2.13. The summed E-state index contributed by atoms with van der Waals surface area (Å²) >= 11 is 11.8. The molecule has 20 heavy (non-hydrogen) atoms. The molecule has 0 aliphatic heterocycles. The van der Waals surface area contributed by atoms with Crippen molar-refractivity contribution >= 4 is 34.8 Å². The average Bonchev–Trinajstić information content (AvgIpc) is 2.88. The lowest BCUT2D eigenvalue weighted by Crippen LogP contribution is -2.11. The summed E-state index contributed by atoms with van der Waals surface area (Å²) in [6.07, 6.45) is 0. The molecule has 6 heteroatoms. The van der Waals surface area contributed by atoms with E-state index in [0.29, 0.717) is 34.7 Å². The average molecular weight is 314 g/mol. The van der Waals surface area contributed by atoms with Crippen molar-refractivity contribution < 1.29 is 13.9 Å². The van der Waals surface area contributed by atoms with Crippen molar-refractivity contribution in [2.24, 2.45) is 0 Å². The molecule has 0 bridgehead atoms. The fourth-order valence-corrected chi connectivity index (χ4v) is 2.01. The fourth-order valence-electron chi connectivity index (χ4n) is 1.55. The molecule has 0 saturated carbocycles. The molecule has 2 rings (SSSR count). The first kappa shape index (κ1) is 14.9. The van der Waals surface area contributed by atoms with Crippen LogP contribution in [0.25, 0.3) is 0 Å². The number of benzene rings is 1. The number of carbonyl (C=O) groups excluding carboxylic acids is 1. The molecule has 0 aliphatic rings. The maximum absolute atomic E-state index is 12.0. The summed E-state index contributed by atoms with van der Waals surface area (Å²) in [4.78, 5) is 12.0. The topological polar surface area (TPSA) is 51.5 Å². The van der Waals surface area contributed by atoms with E-state index in [-0.39, 0.29) is 11.7 Å². The van der Waals surface area contributed by atoms with Gasteiger partial charge in [-0.1, -0.05) is 23.2 Å². The number of anilines is 1. The van der Waals surface area contributed by atoms with Crippen LogP contribution >= 0.6 is 23.2 Å². The van der Waals surface area contributed by atoms with Gasteiger partial charge in [-0.05, 0) is 37.3 Å². The number of hydrogen-bond acceptors (Lipinski definition) is 3. The summed E-state index contributed by atoms with van der Waals surface area (Å²) in [5, 5.41) is 3.53. The molecule has 1 aromatic heterocycles. The van der Waals surface area contributed by atoms with Crippen LogP contribution in [0.3, 0.4) is 0 Å². The van der Waals surface area contributed by atoms with Gasteiger partial charge in [-0.25, -0.2) is 0 Å². The van der Waals surface area contributed by atoms with Gasteiger partial charge in [0, 0.05) is 11.6 Å². The number of halogens is 2. The molecule has 2 aromatic rings. The minimum atomic E-state index is -0.378. The molecule has 0 radical (unpaired) electrons. The number of nitrogens with one attached hydrogen (secondary N) is 1. The molecule has 0 unspecified atom stereocenters. The summed E-state index contributed by atoms with van der Waals surface area (Å²) in [5.74, 6) is 0.418. The van der Waals surface area contributed by atoms with Gasteiger partial charge in [-0.3, -0.25) is 4.79 Å². The van der Waals surface area contributed by atoms with Crippen molar-refractivity contribution in [3.8, 4) is 0 Å². The second-order valence-electron chi connectivity index (χ2n) is 3.98. The molecule has 1 aromatic carbocycles. The zero-order valence-electron chi connectivity index (χ0n) is 10.8. The van der Waals surface area contributed by atoms with E-state index in [0.717, 1.165) is 0 Å². The van der Waals surface area contributed by atoms with Gasteiger partial charge in [-0.15, -0.1) is 0 Å². The van der Waals surface area contributed by atoms with Crippen molar-refractivity contribution in [2.45, 2.75) is 13.5 Å². The van der Waals surface area contributed by atoms with E-state index in [1.54, 1.807) is 30.3 Å². The number of furan rings is 1. The van der Waals surface area contributed by atoms with Crippen molar-refractivity contribution in [3.63, 3.8) is 0 Å². The van der Waals surface area contributed by atoms with Crippen LogP contribution in [0, 0.1) is 0 Å². The van der Waals surface area contributed by atoms with E-state index >= 15 is 0 Å². The van der Waals surface area contributed by atoms with Crippen molar-refractivity contribution in [3.05, 3.63) is 51.9 Å². The molecule has 4 nitrogen and oxygen atoms in total. The minimum absolute atomic E-state index is 0.200. The van der Waals surface area contributed by atoms with E-state index < -0.39 is 0 Å². The van der Waals surface area contributed by atoms with Gasteiger partial charge in [-0.2, -0.15) is 0 Å². The van der Waals surface area contributed by atoms with Crippen LogP contribution in [0.4, 0.5) is 5.69 Å². The standard InChI is InChI=1S/C14H13Cl2NO3/c1-2-19-8-10-4-6-13(20-10)14(18)17-12-5-3-9(15)7-11(12)16/h3-7H,2,8H2,1H3,(H,17,18). The Morgan fingerprint density at radius 3 is 2.80 bits per heavy atom. The Hall–Kier alpha value is -1.49. The Bertz CT molecular complexity index is 610. The lowest BCUT2D eigenvalue weighted by Gasteiger charge is -2.05. The number of rotatable bonds is 5. The second-order valence-corrected chi connectivity index (χ2v) is 4.83. The van der Waals surface area contributed by atoms with Crippen molar-refractivity contribution in [1.29, 1.82) is 0 Å². The monoisotopic (exact) mass is 313 g/mol. The molecule has 0 spiro atoms. The van der Waals surface area contributed by atoms with Crippen LogP contribution in [0.2, 0.25) is 10.0 Å². The smallest absolute Gasteiger partial charge is 0.291 e. The van der Waals surface area contributed by atoms with E-state index in [1.165, 1.54) is 0 Å². The fraction of sp³-hybridized carbons (Fsp3) is 0.214. The number of carbonyl (C=O) groups is 1. The van der Waals surface area contributed by atoms with Gasteiger partial charge in [0.2, 0.25) is 0 Å². The Balaban J connectivity index is 2.06. The molecule has 1 N–H and O–H groups in total. The van der Waals surface area contributed by atoms with Gasteiger partial charge < -0.3 is 14.5 Å². The molecule has 0 saturated heterocycles. The lowest BCUT2D eigenvalue weighted by atomic mass is 10.3. The third-order valence-corrected chi connectivity index (χ3v) is 3.06. The molecular formula is C14H13Cl2NO3. The first-order valence-electron chi connectivity index (χ1n) is 6.03. The van der Waals surface area contributed by atoms with Gasteiger partial charge in [0.05, 0.1) is 10.7 Å². The van der Waals surface area contributed by atoms with Crippen LogP contribution in [0.15, 0.2) is 34.7 Å². The molecule has 106 valence electrons. The van der Waals surface area contributed by atoms with E-state index in [1.807, 2.05) is 6.92 Å². The van der Waals surface area contributed by atoms with Gasteiger partial charge in [0.25, 0.3) is 5.91 Å². The summed E-state index contributed by atoms with van der Waals surface area (Å²) in [6.45, 7) is 2.81. The SMILES string of the molecule is CCOCc1ccc(C(=O)Nc2ccc(Cl)cc2Cl)o1. The first-order chi connectivity index (χ1) is 9.60. The van der Waals surface area contributed by atoms with E-state index in [4.69, 9.17) is 32.4 Å². The summed E-state index contributed by atoms with van der Waals surface area (Å²) in [5.41, 5.74) is 0.476. The predicted molar refractivity (Wildman–Crippen MR) is 78.5 cm³/mol. The third-order valence-electron chi connectivity index (χ3n) is 2.51. The molecule has 1 amide bonds. The van der Waals surface area contributed by atoms with E-state index in [2.05, 4.69) is 5.32 Å². The van der Waals surface area contributed by atoms with Crippen LogP contribution < -0.4 is 5.32 Å². The van der Waals surface area contributed by atoms with Crippen molar-refractivity contribution in [1.82, 2.24) is 0 Å². The minimum Gasteiger partial charge on any atom is -0.453 e. The van der Waals surface area contributed by atoms with Crippen LogP contribution in [0.1, 0.15) is 23.2 Å². The molecule has 0 atom stereocenters. The second kappa shape index (κ2) is 6.79. The Labute approximate surface area is 126 Å². The van der Waals surface area contributed by atoms with Crippen molar-refractivity contribution in [2.75, 3.05) is 11.9 Å². The highest BCUT2D eigenvalue weighted by molar-refractivity contribution is 6.36.